The van der Waals surface area contributed by atoms with Crippen LogP contribution < -0.4 is 10.6 Å². The highest BCUT2D eigenvalue weighted by molar-refractivity contribution is 7.15. The van der Waals surface area contributed by atoms with E-state index in [2.05, 4.69) is 44.4 Å². The second kappa shape index (κ2) is 6.93. The molecule has 0 fully saturated rings. The molecule has 3 heterocycles. The lowest BCUT2D eigenvalue weighted by atomic mass is 10.1. The van der Waals surface area contributed by atoms with Crippen molar-refractivity contribution in [3.8, 4) is 0 Å². The Bertz CT molecular complexity index is 713. The van der Waals surface area contributed by atoms with E-state index < -0.39 is 0 Å². The number of aliphatic imine (C=N–C) groups is 1. The van der Waals surface area contributed by atoms with E-state index in [1.807, 2.05) is 22.2 Å². The largest absolute Gasteiger partial charge is 0.356 e. The summed E-state index contributed by atoms with van der Waals surface area (Å²) < 4.78 is 2.04. The predicted octanol–water partition coefficient (Wildman–Crippen LogP) is 2.93. The van der Waals surface area contributed by atoms with Crippen molar-refractivity contribution in [2.24, 2.45) is 4.99 Å². The first-order valence-corrected chi connectivity index (χ1v) is 8.96. The van der Waals surface area contributed by atoms with Gasteiger partial charge in [0, 0.05) is 31.4 Å². The van der Waals surface area contributed by atoms with Gasteiger partial charge in [-0.2, -0.15) is 11.3 Å². The van der Waals surface area contributed by atoms with Crippen LogP contribution in [0.4, 0.5) is 0 Å². The molecule has 7 heteroatoms. The van der Waals surface area contributed by atoms with Crippen LogP contribution in [0.2, 0.25) is 0 Å². The van der Waals surface area contributed by atoms with Crippen LogP contribution in [0.15, 0.2) is 39.6 Å². The molecule has 22 heavy (non-hydrogen) atoms. The number of hydrogen-bond acceptors (Lipinski definition) is 4. The summed E-state index contributed by atoms with van der Waals surface area (Å²) in [4.78, 5) is 9.83. The van der Waals surface area contributed by atoms with Crippen molar-refractivity contribution in [3.05, 3.63) is 45.9 Å². The lowest BCUT2D eigenvalue weighted by Crippen LogP contribution is -2.38. The van der Waals surface area contributed by atoms with Gasteiger partial charge in [-0.05, 0) is 28.3 Å². The van der Waals surface area contributed by atoms with Gasteiger partial charge in [-0.3, -0.25) is 9.39 Å². The van der Waals surface area contributed by atoms with Crippen molar-refractivity contribution in [1.29, 1.82) is 0 Å². The van der Waals surface area contributed by atoms with Crippen LogP contribution in [-0.2, 0) is 6.54 Å². The summed E-state index contributed by atoms with van der Waals surface area (Å²) in [5.74, 6) is 1.26. The Hall–Kier alpha value is -1.86. The van der Waals surface area contributed by atoms with Crippen molar-refractivity contribution in [2.75, 3.05) is 13.6 Å². The second-order valence-corrected chi connectivity index (χ2v) is 6.74. The molecule has 3 aromatic heterocycles. The molecule has 116 valence electrons. The number of nitrogens with zero attached hydrogens (tertiary/aromatic N) is 3. The van der Waals surface area contributed by atoms with E-state index in [0.717, 1.165) is 23.2 Å². The highest BCUT2D eigenvalue weighted by Crippen LogP contribution is 2.17. The summed E-state index contributed by atoms with van der Waals surface area (Å²) in [7, 11) is 1.79. The highest BCUT2D eigenvalue weighted by atomic mass is 32.1. The van der Waals surface area contributed by atoms with Crippen molar-refractivity contribution >= 4 is 33.6 Å². The maximum atomic E-state index is 4.55. The summed E-state index contributed by atoms with van der Waals surface area (Å²) in [5.41, 5.74) is 2.38. The normalized spacial score (nSPS) is 13.5. The molecule has 5 nitrogen and oxygen atoms in total. The Morgan fingerprint density at radius 3 is 3.05 bits per heavy atom. The minimum atomic E-state index is 0.461. The molecule has 0 aromatic carbocycles. The molecule has 3 aromatic rings. The van der Waals surface area contributed by atoms with E-state index >= 15 is 0 Å². The van der Waals surface area contributed by atoms with Gasteiger partial charge in [0.15, 0.2) is 10.9 Å². The Morgan fingerprint density at radius 2 is 2.32 bits per heavy atom. The number of rotatable bonds is 5. The molecular formula is C15H19N5S2. The third-order valence-electron chi connectivity index (χ3n) is 3.49. The molecule has 1 unspecified atom stereocenters. The first kappa shape index (κ1) is 15.1. The van der Waals surface area contributed by atoms with Crippen LogP contribution in [0.1, 0.15) is 24.1 Å². The predicted molar refractivity (Wildman–Crippen MR) is 94.0 cm³/mol. The summed E-state index contributed by atoms with van der Waals surface area (Å²) in [5, 5.41) is 13.0. The monoisotopic (exact) mass is 333 g/mol. The van der Waals surface area contributed by atoms with Crippen LogP contribution in [0.3, 0.4) is 0 Å². The third kappa shape index (κ3) is 3.48. The molecule has 0 bridgehead atoms. The lowest BCUT2D eigenvalue weighted by molar-refractivity contribution is 0.699. The van der Waals surface area contributed by atoms with Crippen LogP contribution in [0.25, 0.3) is 4.96 Å². The quantitative estimate of drug-likeness (QED) is 0.557. The molecule has 0 aliphatic carbocycles. The Kier molecular flexibility index (Phi) is 4.74. The molecule has 0 radical (unpaired) electrons. The van der Waals surface area contributed by atoms with Crippen LogP contribution in [0.5, 0.6) is 0 Å². The summed E-state index contributed by atoms with van der Waals surface area (Å²) in [6.07, 6.45) is 4.06. The molecular weight excluding hydrogens is 314 g/mol. The average molecular weight is 333 g/mol. The number of thiophene rings is 1. The van der Waals surface area contributed by atoms with E-state index in [-0.39, 0.29) is 0 Å². The Labute approximate surface area is 137 Å². The smallest absolute Gasteiger partial charge is 0.193 e. The molecule has 0 spiro atoms. The van der Waals surface area contributed by atoms with Crippen molar-refractivity contribution in [1.82, 2.24) is 20.0 Å². The SMILES string of the molecule is CN=C(NCc1cn2ccsc2n1)NCC(C)c1ccsc1. The lowest BCUT2D eigenvalue weighted by Gasteiger charge is -2.14. The zero-order valence-electron chi connectivity index (χ0n) is 12.6. The van der Waals surface area contributed by atoms with E-state index in [1.165, 1.54) is 5.56 Å². The maximum Gasteiger partial charge on any atom is 0.193 e. The van der Waals surface area contributed by atoms with Gasteiger partial charge in [-0.15, -0.1) is 11.3 Å². The third-order valence-corrected chi connectivity index (χ3v) is 4.96. The van der Waals surface area contributed by atoms with Gasteiger partial charge in [0.25, 0.3) is 0 Å². The second-order valence-electron chi connectivity index (χ2n) is 5.09. The summed E-state index contributed by atoms with van der Waals surface area (Å²) in [6.45, 7) is 3.74. The van der Waals surface area contributed by atoms with Gasteiger partial charge in [0.05, 0.1) is 12.2 Å². The van der Waals surface area contributed by atoms with Gasteiger partial charge in [0.1, 0.15) is 0 Å². The zero-order chi connectivity index (χ0) is 15.4. The van der Waals surface area contributed by atoms with E-state index in [0.29, 0.717) is 12.5 Å². The number of hydrogen-bond donors (Lipinski definition) is 2. The van der Waals surface area contributed by atoms with Gasteiger partial charge in [0.2, 0.25) is 0 Å². The molecule has 3 rings (SSSR count). The van der Waals surface area contributed by atoms with Crippen molar-refractivity contribution in [2.45, 2.75) is 19.4 Å². The van der Waals surface area contributed by atoms with Crippen LogP contribution in [0, 0.1) is 0 Å². The zero-order valence-corrected chi connectivity index (χ0v) is 14.2. The molecule has 0 saturated carbocycles. The van der Waals surface area contributed by atoms with E-state index in [9.17, 15) is 0 Å². The molecule has 1 atom stereocenters. The number of fused-ring (bicyclic) bond motifs is 1. The average Bonchev–Trinajstić information content (AvgIpc) is 3.23. The highest BCUT2D eigenvalue weighted by Gasteiger charge is 2.08. The van der Waals surface area contributed by atoms with Crippen molar-refractivity contribution in [3.63, 3.8) is 0 Å². The topological polar surface area (TPSA) is 53.7 Å². The maximum absolute atomic E-state index is 4.55. The van der Waals surface area contributed by atoms with Gasteiger partial charge in [-0.1, -0.05) is 6.92 Å². The van der Waals surface area contributed by atoms with Crippen molar-refractivity contribution < 1.29 is 0 Å². The minimum absolute atomic E-state index is 0.461. The number of imidazole rings is 1. The number of guanidine groups is 1. The summed E-state index contributed by atoms with van der Waals surface area (Å²) >= 11 is 3.38. The fourth-order valence-electron chi connectivity index (χ4n) is 2.18. The molecule has 2 N–H and O–H groups in total. The first-order chi connectivity index (χ1) is 10.8. The van der Waals surface area contributed by atoms with E-state index in [4.69, 9.17) is 0 Å². The number of thiazole rings is 1. The van der Waals surface area contributed by atoms with Crippen LogP contribution in [-0.4, -0.2) is 28.9 Å². The van der Waals surface area contributed by atoms with Crippen LogP contribution >= 0.6 is 22.7 Å². The molecule has 0 amide bonds. The standard InChI is InChI=1S/C15H19N5S2/c1-11(12-3-5-21-10-12)7-17-14(16-2)18-8-13-9-20-4-6-22-15(20)19-13/h3-6,9-11H,7-8H2,1-2H3,(H2,16,17,18). The molecule has 0 saturated heterocycles. The number of nitrogens with one attached hydrogen (secondary N) is 2. The summed E-state index contributed by atoms with van der Waals surface area (Å²) in [6, 6.07) is 2.17. The van der Waals surface area contributed by atoms with Gasteiger partial charge in [-0.25, -0.2) is 4.98 Å². The Balaban J connectivity index is 1.50. The fraction of sp³-hybridized carbons (Fsp3) is 0.333. The fourth-order valence-corrected chi connectivity index (χ4v) is 3.68. The minimum Gasteiger partial charge on any atom is -0.356 e. The number of aromatic nitrogens is 2. The van der Waals surface area contributed by atoms with Gasteiger partial charge >= 0.3 is 0 Å². The first-order valence-electron chi connectivity index (χ1n) is 7.14. The Morgan fingerprint density at radius 1 is 1.41 bits per heavy atom. The molecule has 0 aliphatic rings. The van der Waals surface area contributed by atoms with Gasteiger partial charge < -0.3 is 10.6 Å². The van der Waals surface area contributed by atoms with E-state index in [1.54, 1.807) is 29.7 Å². The molecule has 0 aliphatic heterocycles.